The molecular formula is C19H24ClN5O. The van der Waals surface area contributed by atoms with E-state index in [1.807, 2.05) is 48.2 Å². The minimum absolute atomic E-state index is 0.144. The highest BCUT2D eigenvalue weighted by molar-refractivity contribution is 6.30. The lowest BCUT2D eigenvalue weighted by molar-refractivity contribution is -0.133. The van der Waals surface area contributed by atoms with Gasteiger partial charge in [-0.25, -0.2) is 9.97 Å². The highest BCUT2D eigenvalue weighted by Gasteiger charge is 2.28. The molecule has 6 nitrogen and oxygen atoms in total. The Hall–Kier alpha value is -2.18. The first-order chi connectivity index (χ1) is 12.4. The van der Waals surface area contributed by atoms with Gasteiger partial charge in [-0.15, -0.1) is 0 Å². The van der Waals surface area contributed by atoms with Crippen LogP contribution in [0.5, 0.6) is 0 Å². The number of carbonyl (C=O) groups excluding carboxylic acids is 1. The Morgan fingerprint density at radius 3 is 2.77 bits per heavy atom. The number of hydrogen-bond acceptors (Lipinski definition) is 5. The summed E-state index contributed by atoms with van der Waals surface area (Å²) in [6.45, 7) is 1.87. The van der Waals surface area contributed by atoms with E-state index in [0.29, 0.717) is 18.1 Å². The van der Waals surface area contributed by atoms with E-state index in [4.69, 9.17) is 17.3 Å². The average Bonchev–Trinajstić information content (AvgIpc) is 2.62. The van der Waals surface area contributed by atoms with Crippen LogP contribution in [0.1, 0.15) is 24.5 Å². The van der Waals surface area contributed by atoms with E-state index in [2.05, 4.69) is 9.97 Å². The largest absolute Gasteiger partial charge is 0.368 e. The molecule has 1 fully saturated rings. The molecule has 1 amide bonds. The Balaban J connectivity index is 1.89. The molecule has 1 aliphatic rings. The molecule has 1 aromatic heterocycles. The molecule has 1 atom stereocenters. The smallest absolute Gasteiger partial charge is 0.236 e. The van der Waals surface area contributed by atoms with E-state index in [1.54, 1.807) is 6.20 Å². The predicted molar refractivity (Wildman–Crippen MR) is 104 cm³/mol. The molecule has 138 valence electrons. The Labute approximate surface area is 159 Å². The molecule has 26 heavy (non-hydrogen) atoms. The van der Waals surface area contributed by atoms with Crippen molar-refractivity contribution in [1.29, 1.82) is 0 Å². The van der Waals surface area contributed by atoms with E-state index in [9.17, 15) is 4.79 Å². The van der Waals surface area contributed by atoms with Crippen molar-refractivity contribution < 1.29 is 4.79 Å². The van der Waals surface area contributed by atoms with Crippen LogP contribution in [0.2, 0.25) is 5.02 Å². The van der Waals surface area contributed by atoms with Gasteiger partial charge in [-0.2, -0.15) is 0 Å². The maximum atomic E-state index is 12.5. The third-order valence-corrected chi connectivity index (χ3v) is 4.86. The van der Waals surface area contributed by atoms with E-state index in [1.165, 1.54) is 0 Å². The molecule has 1 aromatic carbocycles. The van der Waals surface area contributed by atoms with Crippen molar-refractivity contribution in [3.8, 4) is 11.1 Å². The minimum atomic E-state index is 0.144. The molecule has 3 rings (SSSR count). The van der Waals surface area contributed by atoms with Gasteiger partial charge in [-0.1, -0.05) is 23.7 Å². The summed E-state index contributed by atoms with van der Waals surface area (Å²) in [6, 6.07) is 7.62. The van der Waals surface area contributed by atoms with Gasteiger partial charge in [-0.3, -0.25) is 4.79 Å². The molecule has 0 bridgehead atoms. The lowest BCUT2D eigenvalue weighted by Gasteiger charge is -2.34. The summed E-state index contributed by atoms with van der Waals surface area (Å²) in [5.74, 6) is 0.551. The molecule has 2 aromatic rings. The fourth-order valence-corrected chi connectivity index (χ4v) is 3.50. The van der Waals surface area contributed by atoms with Gasteiger partial charge in [0.1, 0.15) is 0 Å². The number of anilines is 1. The summed E-state index contributed by atoms with van der Waals surface area (Å²) in [5.41, 5.74) is 8.72. The number of nitrogen functional groups attached to an aromatic ring is 1. The number of aromatic nitrogens is 2. The van der Waals surface area contributed by atoms with Crippen LogP contribution in [0, 0.1) is 0 Å². The van der Waals surface area contributed by atoms with Crippen LogP contribution in [0.3, 0.4) is 0 Å². The molecule has 1 saturated heterocycles. The van der Waals surface area contributed by atoms with Crippen LogP contribution in [-0.4, -0.2) is 59.4 Å². The summed E-state index contributed by atoms with van der Waals surface area (Å²) in [7, 11) is 3.81. The molecule has 0 radical (unpaired) electrons. The lowest BCUT2D eigenvalue weighted by Crippen LogP contribution is -2.43. The van der Waals surface area contributed by atoms with Gasteiger partial charge in [0, 0.05) is 35.8 Å². The van der Waals surface area contributed by atoms with Gasteiger partial charge in [0.05, 0.1) is 12.2 Å². The first-order valence-corrected chi connectivity index (χ1v) is 9.12. The zero-order valence-electron chi connectivity index (χ0n) is 15.2. The second-order valence-electron chi connectivity index (χ2n) is 6.95. The van der Waals surface area contributed by atoms with Crippen molar-refractivity contribution >= 4 is 23.5 Å². The van der Waals surface area contributed by atoms with E-state index >= 15 is 0 Å². The molecule has 2 heterocycles. The molecule has 7 heteroatoms. The Morgan fingerprint density at radius 1 is 1.35 bits per heavy atom. The number of amides is 1. The Kier molecular flexibility index (Phi) is 5.74. The molecule has 0 unspecified atom stereocenters. The summed E-state index contributed by atoms with van der Waals surface area (Å²) in [4.78, 5) is 25.0. The number of likely N-dealkylation sites (N-methyl/N-ethyl adjacent to an activating group) is 1. The van der Waals surface area contributed by atoms with Gasteiger partial charge < -0.3 is 15.5 Å². The van der Waals surface area contributed by atoms with Crippen LogP contribution in [-0.2, 0) is 4.79 Å². The summed E-state index contributed by atoms with van der Waals surface area (Å²) < 4.78 is 0. The number of benzene rings is 1. The van der Waals surface area contributed by atoms with Crippen molar-refractivity contribution in [3.05, 3.63) is 41.2 Å². The number of piperidine rings is 1. The van der Waals surface area contributed by atoms with E-state index in [-0.39, 0.29) is 17.8 Å². The molecule has 1 aliphatic heterocycles. The van der Waals surface area contributed by atoms with E-state index in [0.717, 1.165) is 36.2 Å². The first kappa shape index (κ1) is 18.6. The zero-order valence-corrected chi connectivity index (χ0v) is 15.9. The van der Waals surface area contributed by atoms with Crippen molar-refractivity contribution in [2.75, 3.05) is 39.5 Å². The third-order valence-electron chi connectivity index (χ3n) is 4.60. The second kappa shape index (κ2) is 8.01. The molecule has 0 aliphatic carbocycles. The monoisotopic (exact) mass is 373 g/mol. The Bertz CT molecular complexity index is 778. The zero-order chi connectivity index (χ0) is 18.7. The number of nitrogens with two attached hydrogens (primary N) is 1. The maximum absolute atomic E-state index is 12.5. The van der Waals surface area contributed by atoms with Gasteiger partial charge >= 0.3 is 0 Å². The predicted octanol–water partition coefficient (Wildman–Crippen LogP) is 2.65. The van der Waals surface area contributed by atoms with Gasteiger partial charge in [-0.05, 0) is 44.6 Å². The average molecular weight is 374 g/mol. The SMILES string of the molecule is CN(C)CC(=O)N1CCC[C@@H](c2nc(N)ncc2-c2ccc(Cl)cc2)C1. The summed E-state index contributed by atoms with van der Waals surface area (Å²) in [6.07, 6.45) is 3.69. The van der Waals surface area contributed by atoms with Gasteiger partial charge in [0.25, 0.3) is 0 Å². The van der Waals surface area contributed by atoms with Crippen molar-refractivity contribution in [1.82, 2.24) is 19.8 Å². The fourth-order valence-electron chi connectivity index (χ4n) is 3.37. The van der Waals surface area contributed by atoms with Crippen LogP contribution < -0.4 is 5.73 Å². The highest BCUT2D eigenvalue weighted by atomic mass is 35.5. The first-order valence-electron chi connectivity index (χ1n) is 8.75. The Morgan fingerprint density at radius 2 is 2.08 bits per heavy atom. The number of carbonyl (C=O) groups is 1. The number of likely N-dealkylation sites (tertiary alicyclic amines) is 1. The second-order valence-corrected chi connectivity index (χ2v) is 7.39. The van der Waals surface area contributed by atoms with Crippen LogP contribution >= 0.6 is 11.6 Å². The normalized spacial score (nSPS) is 17.5. The summed E-state index contributed by atoms with van der Waals surface area (Å²) in [5, 5.41) is 0.685. The fraction of sp³-hybridized carbons (Fsp3) is 0.421. The number of nitrogens with zero attached hydrogens (tertiary/aromatic N) is 4. The van der Waals surface area contributed by atoms with Crippen LogP contribution in [0.25, 0.3) is 11.1 Å². The lowest BCUT2D eigenvalue weighted by atomic mass is 9.90. The van der Waals surface area contributed by atoms with Crippen LogP contribution in [0.15, 0.2) is 30.5 Å². The number of rotatable bonds is 4. The maximum Gasteiger partial charge on any atom is 0.236 e. The molecule has 0 saturated carbocycles. The van der Waals surface area contributed by atoms with Gasteiger partial charge in [0.15, 0.2) is 0 Å². The minimum Gasteiger partial charge on any atom is -0.368 e. The number of halogens is 1. The highest BCUT2D eigenvalue weighted by Crippen LogP contribution is 2.33. The summed E-state index contributed by atoms with van der Waals surface area (Å²) >= 11 is 6.01. The quantitative estimate of drug-likeness (QED) is 0.891. The van der Waals surface area contributed by atoms with Crippen molar-refractivity contribution in [3.63, 3.8) is 0 Å². The van der Waals surface area contributed by atoms with Crippen molar-refractivity contribution in [2.24, 2.45) is 0 Å². The standard InChI is InChI=1S/C19H24ClN5O/c1-24(2)12-17(26)25-9-3-4-14(11-25)18-16(10-22-19(21)23-18)13-5-7-15(20)8-6-13/h5-8,10,14H,3-4,9,11-12H2,1-2H3,(H2,21,22,23)/t14-/m1/s1. The van der Waals surface area contributed by atoms with E-state index < -0.39 is 0 Å². The van der Waals surface area contributed by atoms with Crippen molar-refractivity contribution in [2.45, 2.75) is 18.8 Å². The molecule has 2 N–H and O–H groups in total. The number of hydrogen-bond donors (Lipinski definition) is 1. The van der Waals surface area contributed by atoms with Crippen LogP contribution in [0.4, 0.5) is 5.95 Å². The van der Waals surface area contributed by atoms with Gasteiger partial charge in [0.2, 0.25) is 11.9 Å². The molecule has 0 spiro atoms. The molecular weight excluding hydrogens is 350 g/mol. The third kappa shape index (κ3) is 4.31. The topological polar surface area (TPSA) is 75.4 Å².